The molecule has 3 amide bonds. The number of anilines is 1. The number of nitrogens with one attached hydrogen (secondary N) is 2. The van der Waals surface area contributed by atoms with Gasteiger partial charge in [0.2, 0.25) is 5.91 Å². The SMILES string of the molecule is O=C(Nc1cccc(O)c1)NC(CCc1ccccc1)C(=O)N1Cc2ccccc2C[C@@H]1COO. The highest BCUT2D eigenvalue weighted by molar-refractivity contribution is 5.94. The summed E-state index contributed by atoms with van der Waals surface area (Å²) in [6.07, 6.45) is 1.53. The monoisotopic (exact) mass is 475 g/mol. The minimum atomic E-state index is -0.807. The molecule has 0 fully saturated rings. The number of phenols is 1. The number of carbonyl (C=O) groups is 2. The molecule has 3 aromatic rings. The van der Waals surface area contributed by atoms with Gasteiger partial charge in [-0.05, 0) is 48.1 Å². The maximum atomic E-state index is 13.8. The van der Waals surface area contributed by atoms with E-state index in [1.807, 2.05) is 54.6 Å². The molecule has 1 unspecified atom stereocenters. The van der Waals surface area contributed by atoms with Gasteiger partial charge >= 0.3 is 6.03 Å². The molecule has 0 spiro atoms. The van der Waals surface area contributed by atoms with Crippen LogP contribution in [0.5, 0.6) is 5.75 Å². The second-order valence-corrected chi connectivity index (χ2v) is 8.61. The molecule has 0 aromatic heterocycles. The zero-order valence-electron chi connectivity index (χ0n) is 19.3. The van der Waals surface area contributed by atoms with Crippen LogP contribution in [-0.2, 0) is 29.1 Å². The Balaban J connectivity index is 1.53. The summed E-state index contributed by atoms with van der Waals surface area (Å²) >= 11 is 0. The topological polar surface area (TPSA) is 111 Å². The Morgan fingerprint density at radius 3 is 2.49 bits per heavy atom. The van der Waals surface area contributed by atoms with Crippen LogP contribution in [0.15, 0.2) is 78.9 Å². The number of phenolic OH excluding ortho intramolecular Hbond substituents is 1. The first-order valence-corrected chi connectivity index (χ1v) is 11.6. The van der Waals surface area contributed by atoms with Crippen molar-refractivity contribution >= 4 is 17.6 Å². The molecule has 0 bridgehead atoms. The molecule has 0 aliphatic carbocycles. The summed E-state index contributed by atoms with van der Waals surface area (Å²) in [4.78, 5) is 32.7. The lowest BCUT2D eigenvalue weighted by Crippen LogP contribution is -2.55. The number of aryl methyl sites for hydroxylation is 1. The van der Waals surface area contributed by atoms with Crippen molar-refractivity contribution in [3.05, 3.63) is 95.6 Å². The minimum absolute atomic E-state index is 0.0262. The van der Waals surface area contributed by atoms with Crippen LogP contribution in [0.2, 0.25) is 0 Å². The fourth-order valence-corrected chi connectivity index (χ4v) is 4.40. The van der Waals surface area contributed by atoms with Crippen LogP contribution in [0.25, 0.3) is 0 Å². The molecule has 2 atom stereocenters. The van der Waals surface area contributed by atoms with Gasteiger partial charge in [-0.15, -0.1) is 0 Å². The first kappa shape index (κ1) is 24.3. The molecule has 4 rings (SSSR count). The summed E-state index contributed by atoms with van der Waals surface area (Å²) in [5.41, 5.74) is 3.60. The van der Waals surface area contributed by atoms with Crippen molar-refractivity contribution in [1.82, 2.24) is 10.2 Å². The van der Waals surface area contributed by atoms with E-state index < -0.39 is 12.1 Å². The molecule has 0 saturated heterocycles. The number of benzene rings is 3. The van der Waals surface area contributed by atoms with Gasteiger partial charge in [0, 0.05) is 18.3 Å². The lowest BCUT2D eigenvalue weighted by molar-refractivity contribution is -0.252. The maximum absolute atomic E-state index is 13.8. The standard InChI is InChI=1S/C27H29N3O5/c31-24-12-6-11-22(16-24)28-27(33)29-25(14-13-19-7-2-1-3-8-19)26(32)30-17-21-10-5-4-9-20(21)15-23(30)18-35-34/h1-12,16,23,25,31,34H,13-15,17-18H2,(H2,28,29,33)/t23-,25?/m1/s1. The van der Waals surface area contributed by atoms with Gasteiger partial charge in [-0.1, -0.05) is 60.7 Å². The average molecular weight is 476 g/mol. The van der Waals surface area contributed by atoms with Crippen LogP contribution < -0.4 is 10.6 Å². The second kappa shape index (κ2) is 11.5. The maximum Gasteiger partial charge on any atom is 0.319 e. The molecule has 3 aromatic carbocycles. The number of amides is 3. The van der Waals surface area contributed by atoms with Crippen LogP contribution in [0.1, 0.15) is 23.1 Å². The quantitative estimate of drug-likeness (QED) is 0.291. The third-order valence-corrected chi connectivity index (χ3v) is 6.18. The second-order valence-electron chi connectivity index (χ2n) is 8.61. The van der Waals surface area contributed by atoms with Gasteiger partial charge in [0.15, 0.2) is 0 Å². The predicted molar refractivity (Wildman–Crippen MR) is 132 cm³/mol. The third kappa shape index (κ3) is 6.38. The molecular formula is C27H29N3O5. The lowest BCUT2D eigenvalue weighted by atomic mass is 9.93. The Hall–Kier alpha value is -3.88. The number of carbonyl (C=O) groups excluding carboxylic acids is 2. The lowest BCUT2D eigenvalue weighted by Gasteiger charge is -2.38. The Labute approximate surface area is 204 Å². The highest BCUT2D eigenvalue weighted by Gasteiger charge is 2.34. The van der Waals surface area contributed by atoms with Crippen LogP contribution in [-0.4, -0.2) is 45.9 Å². The van der Waals surface area contributed by atoms with E-state index in [1.54, 1.807) is 17.0 Å². The Kier molecular flexibility index (Phi) is 7.97. The van der Waals surface area contributed by atoms with Crippen molar-refractivity contribution in [2.24, 2.45) is 0 Å². The molecule has 0 saturated carbocycles. The Morgan fingerprint density at radius 2 is 1.74 bits per heavy atom. The summed E-state index contributed by atoms with van der Waals surface area (Å²) in [6, 6.07) is 22.1. The van der Waals surface area contributed by atoms with Gasteiger partial charge in [0.1, 0.15) is 18.4 Å². The molecule has 1 aliphatic rings. The number of rotatable bonds is 8. The number of urea groups is 1. The van der Waals surface area contributed by atoms with Gasteiger partial charge < -0.3 is 20.6 Å². The molecule has 182 valence electrons. The van der Waals surface area contributed by atoms with Crippen molar-refractivity contribution < 1.29 is 24.8 Å². The fourth-order valence-electron chi connectivity index (χ4n) is 4.40. The van der Waals surface area contributed by atoms with Gasteiger partial charge in [-0.3, -0.25) is 10.1 Å². The highest BCUT2D eigenvalue weighted by atomic mass is 17.1. The van der Waals surface area contributed by atoms with E-state index >= 15 is 0 Å². The molecule has 8 heteroatoms. The summed E-state index contributed by atoms with van der Waals surface area (Å²) in [5, 5.41) is 24.3. The van der Waals surface area contributed by atoms with E-state index in [1.165, 1.54) is 12.1 Å². The average Bonchev–Trinajstić information content (AvgIpc) is 2.86. The van der Waals surface area contributed by atoms with Gasteiger partial charge in [0.25, 0.3) is 0 Å². The predicted octanol–water partition coefficient (Wildman–Crippen LogP) is 3.96. The molecular weight excluding hydrogens is 446 g/mol. The Morgan fingerprint density at radius 1 is 1.00 bits per heavy atom. The molecule has 35 heavy (non-hydrogen) atoms. The van der Waals surface area contributed by atoms with Crippen LogP contribution >= 0.6 is 0 Å². The van der Waals surface area contributed by atoms with E-state index in [0.29, 0.717) is 31.5 Å². The minimum Gasteiger partial charge on any atom is -0.508 e. The number of hydrogen-bond donors (Lipinski definition) is 4. The first-order valence-electron chi connectivity index (χ1n) is 11.6. The molecule has 1 heterocycles. The van der Waals surface area contributed by atoms with E-state index in [0.717, 1.165) is 16.7 Å². The summed E-state index contributed by atoms with van der Waals surface area (Å²) < 4.78 is 0. The Bertz CT molecular complexity index is 1150. The number of fused-ring (bicyclic) bond motifs is 1. The largest absolute Gasteiger partial charge is 0.508 e. The summed E-state index contributed by atoms with van der Waals surface area (Å²) in [7, 11) is 0. The molecule has 4 N–H and O–H groups in total. The van der Waals surface area contributed by atoms with Crippen LogP contribution in [0.3, 0.4) is 0 Å². The van der Waals surface area contributed by atoms with Crippen LogP contribution in [0, 0.1) is 0 Å². The molecule has 0 radical (unpaired) electrons. The first-order chi connectivity index (χ1) is 17.0. The van der Waals surface area contributed by atoms with Crippen molar-refractivity contribution in [2.45, 2.75) is 37.9 Å². The number of hydrogen-bond acceptors (Lipinski definition) is 5. The smallest absolute Gasteiger partial charge is 0.319 e. The van der Waals surface area contributed by atoms with E-state index in [4.69, 9.17) is 5.26 Å². The van der Waals surface area contributed by atoms with Crippen molar-refractivity contribution in [3.63, 3.8) is 0 Å². The molecule has 1 aliphatic heterocycles. The number of nitrogens with zero attached hydrogens (tertiary/aromatic N) is 1. The van der Waals surface area contributed by atoms with Crippen LogP contribution in [0.4, 0.5) is 10.5 Å². The van der Waals surface area contributed by atoms with E-state index in [2.05, 4.69) is 15.5 Å². The highest BCUT2D eigenvalue weighted by Crippen LogP contribution is 2.25. The van der Waals surface area contributed by atoms with Crippen molar-refractivity contribution in [1.29, 1.82) is 0 Å². The van der Waals surface area contributed by atoms with Gasteiger partial charge in [0.05, 0.1) is 6.04 Å². The summed E-state index contributed by atoms with van der Waals surface area (Å²) in [6.45, 7) is 0.335. The van der Waals surface area contributed by atoms with Crippen molar-refractivity contribution in [2.75, 3.05) is 11.9 Å². The third-order valence-electron chi connectivity index (χ3n) is 6.18. The van der Waals surface area contributed by atoms with Gasteiger partial charge in [-0.25, -0.2) is 9.68 Å². The zero-order valence-corrected chi connectivity index (χ0v) is 19.3. The van der Waals surface area contributed by atoms with Crippen molar-refractivity contribution in [3.8, 4) is 5.75 Å². The molecule has 8 nitrogen and oxygen atoms in total. The van der Waals surface area contributed by atoms with E-state index in [-0.39, 0.29) is 24.3 Å². The number of aromatic hydroxyl groups is 1. The van der Waals surface area contributed by atoms with Gasteiger partial charge in [-0.2, -0.15) is 0 Å². The van der Waals surface area contributed by atoms with E-state index in [9.17, 15) is 14.7 Å². The fraction of sp³-hybridized carbons (Fsp3) is 0.259. The normalized spacial score (nSPS) is 15.7. The zero-order chi connectivity index (χ0) is 24.6. The summed E-state index contributed by atoms with van der Waals surface area (Å²) in [5.74, 6) is -0.220.